The van der Waals surface area contributed by atoms with E-state index >= 15 is 0 Å². The molecule has 1 aliphatic carbocycles. The third-order valence-corrected chi connectivity index (χ3v) is 15.3. The minimum atomic E-state index is 0.0372. The van der Waals surface area contributed by atoms with Crippen LogP contribution in [0.4, 0.5) is 0 Å². The van der Waals surface area contributed by atoms with Crippen molar-refractivity contribution in [1.82, 2.24) is 9.97 Å². The minimum Gasteiger partial charge on any atom is -0.497 e. The zero-order chi connectivity index (χ0) is 43.5. The summed E-state index contributed by atoms with van der Waals surface area (Å²) in [5.74, 6) is 1.60. The summed E-state index contributed by atoms with van der Waals surface area (Å²) in [6.45, 7) is 9.07. The van der Waals surface area contributed by atoms with Gasteiger partial charge in [-0.2, -0.15) is 0 Å². The summed E-state index contributed by atoms with van der Waals surface area (Å²) in [6, 6.07) is 44.4. The predicted molar refractivity (Wildman–Crippen MR) is 269 cm³/mol. The van der Waals surface area contributed by atoms with Crippen molar-refractivity contribution in [2.45, 2.75) is 97.3 Å². The lowest BCUT2D eigenvalue weighted by atomic mass is 9.70. The Kier molecular flexibility index (Phi) is 12.6. The summed E-state index contributed by atoms with van der Waals surface area (Å²) < 4.78 is 11.1. The van der Waals surface area contributed by atoms with E-state index in [9.17, 15) is 0 Å². The van der Waals surface area contributed by atoms with Crippen LogP contribution in [-0.4, -0.2) is 24.2 Å². The zero-order valence-corrected chi connectivity index (χ0v) is 39.3. The number of methoxy groups -OCH3 is 2. The van der Waals surface area contributed by atoms with Crippen LogP contribution in [0, 0.1) is 13.8 Å². The van der Waals surface area contributed by atoms with E-state index in [4.69, 9.17) is 19.4 Å². The highest BCUT2D eigenvalue weighted by molar-refractivity contribution is 7.19. The third kappa shape index (κ3) is 8.36. The summed E-state index contributed by atoms with van der Waals surface area (Å²) in [5, 5.41) is 0. The van der Waals surface area contributed by atoms with Gasteiger partial charge in [0.1, 0.15) is 11.5 Å². The number of ether oxygens (including phenoxy) is 2. The first-order chi connectivity index (χ1) is 30.8. The molecule has 0 N–H and O–H groups in total. The normalized spacial score (nSPS) is 12.7. The molecule has 1 aliphatic rings. The fourth-order valence-corrected chi connectivity index (χ4v) is 11.7. The minimum absolute atomic E-state index is 0.0372. The molecule has 0 spiro atoms. The van der Waals surface area contributed by atoms with Gasteiger partial charge >= 0.3 is 0 Å². The first-order valence-electron chi connectivity index (χ1n) is 22.9. The van der Waals surface area contributed by atoms with Gasteiger partial charge in [0, 0.05) is 47.2 Å². The molecule has 9 rings (SSSR count). The largest absolute Gasteiger partial charge is 0.497 e. The van der Waals surface area contributed by atoms with E-state index in [1.807, 2.05) is 35.6 Å². The Bertz CT molecular complexity index is 2860. The van der Waals surface area contributed by atoms with Gasteiger partial charge in [-0.1, -0.05) is 113 Å². The van der Waals surface area contributed by atoms with Crippen LogP contribution in [-0.2, 0) is 5.41 Å². The van der Waals surface area contributed by atoms with E-state index in [-0.39, 0.29) is 5.41 Å². The lowest BCUT2D eigenvalue weighted by molar-refractivity contribution is 0.401. The molecule has 4 nitrogen and oxygen atoms in total. The van der Waals surface area contributed by atoms with Gasteiger partial charge in [-0.25, -0.2) is 9.97 Å². The molecule has 0 fully saturated rings. The Balaban J connectivity index is 1.19. The molecule has 3 aromatic heterocycles. The van der Waals surface area contributed by atoms with Crippen molar-refractivity contribution in [3.63, 3.8) is 0 Å². The number of hydrogen-bond donors (Lipinski definition) is 0. The number of fused-ring (bicyclic) bond motifs is 4. The van der Waals surface area contributed by atoms with E-state index in [2.05, 4.69) is 125 Å². The number of benzene rings is 5. The van der Waals surface area contributed by atoms with E-state index in [1.165, 1.54) is 112 Å². The van der Waals surface area contributed by atoms with Gasteiger partial charge in [-0.3, -0.25) is 0 Å². The monoisotopic (exact) mass is 866 g/mol. The number of thiophene rings is 2. The fourth-order valence-electron chi connectivity index (χ4n) is 9.78. The molecule has 6 heteroatoms. The number of rotatable bonds is 17. The van der Waals surface area contributed by atoms with Crippen molar-refractivity contribution < 1.29 is 9.47 Å². The van der Waals surface area contributed by atoms with Gasteiger partial charge in [-0.15, -0.1) is 22.7 Å². The molecule has 320 valence electrons. The van der Waals surface area contributed by atoms with Crippen molar-refractivity contribution in [3.8, 4) is 76.5 Å². The smallest absolute Gasteiger partial charge is 0.118 e. The highest BCUT2D eigenvalue weighted by atomic mass is 32.1. The molecule has 3 heterocycles. The van der Waals surface area contributed by atoms with E-state index in [0.29, 0.717) is 0 Å². The SMILES string of the molecule is CCCCCCC1(CCCCCC)c2cc(C)ccc2-c2ccc(-c3ccc(-c4ccc(-c5ccc(C)s5)c5nc(-c6ccc(OC)cc6)c(-c6ccc(OC)cc6)nc45)s3)cc21. The molecule has 0 unspecified atom stereocenters. The topological polar surface area (TPSA) is 44.2 Å². The van der Waals surface area contributed by atoms with Gasteiger partial charge in [0.2, 0.25) is 0 Å². The van der Waals surface area contributed by atoms with Crippen molar-refractivity contribution in [1.29, 1.82) is 0 Å². The molecule has 0 atom stereocenters. The second-order valence-electron chi connectivity index (χ2n) is 17.3. The van der Waals surface area contributed by atoms with Crippen molar-refractivity contribution in [2.24, 2.45) is 0 Å². The van der Waals surface area contributed by atoms with Crippen LogP contribution in [0.25, 0.3) is 76.0 Å². The highest BCUT2D eigenvalue weighted by Gasteiger charge is 2.42. The summed E-state index contributed by atoms with van der Waals surface area (Å²) >= 11 is 3.65. The summed E-state index contributed by atoms with van der Waals surface area (Å²) in [4.78, 5) is 16.1. The quantitative estimate of drug-likeness (QED) is 0.0855. The first-order valence-corrected chi connectivity index (χ1v) is 24.5. The Hall–Kier alpha value is -5.56. The molecule has 5 aromatic carbocycles. The van der Waals surface area contributed by atoms with Gasteiger partial charge in [-0.05, 0) is 133 Å². The summed E-state index contributed by atoms with van der Waals surface area (Å²) in [7, 11) is 3.40. The molecular weight excluding hydrogens is 809 g/mol. The highest BCUT2D eigenvalue weighted by Crippen LogP contribution is 2.56. The standard InChI is InChI=1S/C57H58N2O2S2/c1-7-9-11-13-33-57(34-14-12-10-8-2)48-35-37(3)15-26-44(48)45-27-21-41(36-49(45)57)50-31-32-52(63-50)47-29-28-46(51-30-16-38(4)62-51)55-56(47)59-54(40-19-24-43(61-6)25-20-40)53(58-55)39-17-22-42(60-5)23-18-39/h15-32,35-36H,7-14,33-34H2,1-6H3. The molecule has 0 radical (unpaired) electrons. The lowest BCUT2D eigenvalue weighted by Crippen LogP contribution is -2.25. The number of nitrogens with zero attached hydrogens (tertiary/aromatic N) is 2. The molecule has 0 amide bonds. The third-order valence-electron chi connectivity index (χ3n) is 13.1. The molecule has 0 aliphatic heterocycles. The Morgan fingerprint density at radius 2 is 0.937 bits per heavy atom. The lowest BCUT2D eigenvalue weighted by Gasteiger charge is -2.33. The maximum Gasteiger partial charge on any atom is 0.118 e. The van der Waals surface area contributed by atoms with Gasteiger partial charge < -0.3 is 9.47 Å². The number of aryl methyl sites for hydroxylation is 2. The van der Waals surface area contributed by atoms with Gasteiger partial charge in [0.25, 0.3) is 0 Å². The van der Waals surface area contributed by atoms with E-state index in [1.54, 1.807) is 31.1 Å². The second-order valence-corrected chi connectivity index (χ2v) is 19.7. The Labute approximate surface area is 382 Å². The van der Waals surface area contributed by atoms with Gasteiger partial charge in [0.05, 0.1) is 36.6 Å². The maximum absolute atomic E-state index is 5.63. The van der Waals surface area contributed by atoms with Crippen LogP contribution in [0.2, 0.25) is 0 Å². The molecule has 0 saturated carbocycles. The van der Waals surface area contributed by atoms with Gasteiger partial charge in [0.15, 0.2) is 0 Å². The molecule has 0 bridgehead atoms. The number of unbranched alkanes of at least 4 members (excludes halogenated alkanes) is 6. The average molecular weight is 867 g/mol. The zero-order valence-electron chi connectivity index (χ0n) is 37.6. The van der Waals surface area contributed by atoms with Crippen LogP contribution in [0.1, 0.15) is 99.6 Å². The van der Waals surface area contributed by atoms with Crippen molar-refractivity contribution in [2.75, 3.05) is 14.2 Å². The Morgan fingerprint density at radius 3 is 1.46 bits per heavy atom. The van der Waals surface area contributed by atoms with Crippen molar-refractivity contribution >= 4 is 33.7 Å². The molecular formula is C57H58N2O2S2. The van der Waals surface area contributed by atoms with Crippen LogP contribution < -0.4 is 9.47 Å². The van der Waals surface area contributed by atoms with Crippen molar-refractivity contribution in [3.05, 3.63) is 143 Å². The van der Waals surface area contributed by atoms with Crippen LogP contribution in [0.15, 0.2) is 121 Å². The first kappa shape index (κ1) is 42.7. The molecule has 8 aromatic rings. The number of aromatic nitrogens is 2. The van der Waals surface area contributed by atoms with Crippen LogP contribution >= 0.6 is 22.7 Å². The van der Waals surface area contributed by atoms with Crippen LogP contribution in [0.5, 0.6) is 11.5 Å². The Morgan fingerprint density at radius 1 is 0.460 bits per heavy atom. The summed E-state index contributed by atoms with van der Waals surface area (Å²) in [6.07, 6.45) is 12.6. The maximum atomic E-state index is 5.63. The molecule has 0 saturated heterocycles. The van der Waals surface area contributed by atoms with Crippen LogP contribution in [0.3, 0.4) is 0 Å². The van der Waals surface area contributed by atoms with E-state index in [0.717, 1.165) is 56.2 Å². The summed E-state index contributed by atoms with van der Waals surface area (Å²) in [5.41, 5.74) is 16.2. The fraction of sp³-hybridized carbons (Fsp3) is 0.298. The van der Waals surface area contributed by atoms with E-state index < -0.39 is 0 Å². The molecule has 63 heavy (non-hydrogen) atoms. The average Bonchev–Trinajstić information content (AvgIpc) is 4.05. The second kappa shape index (κ2) is 18.7. The predicted octanol–water partition coefficient (Wildman–Crippen LogP) is 16.9. The number of hydrogen-bond acceptors (Lipinski definition) is 6.